The largest absolute Gasteiger partial charge is 0.481 e. The summed E-state index contributed by atoms with van der Waals surface area (Å²) in [4.78, 5) is 35.1. The number of amides is 1. The maximum Gasteiger partial charge on any atom is 0.407 e. The van der Waals surface area contributed by atoms with E-state index >= 15 is 0 Å². The van der Waals surface area contributed by atoms with Crippen LogP contribution in [0.1, 0.15) is 72.4 Å². The van der Waals surface area contributed by atoms with Crippen molar-refractivity contribution in [2.75, 3.05) is 13.2 Å². The summed E-state index contributed by atoms with van der Waals surface area (Å²) in [6, 6.07) is 36.5. The van der Waals surface area contributed by atoms with Crippen LogP contribution in [0, 0.1) is 11.8 Å². The molecular weight excluding hydrogens is 777 g/mol. The van der Waals surface area contributed by atoms with Gasteiger partial charge >= 0.3 is 28.4 Å². The number of nitrogens with one attached hydrogen (secondary N) is 1. The zero-order valence-corrected chi connectivity index (χ0v) is 35.9. The number of aliphatic carboxylic acids is 1. The molecule has 4 rings (SSSR count). The minimum atomic E-state index is -4.67. The van der Waals surface area contributed by atoms with Crippen LogP contribution < -0.4 is 11.1 Å². The molecule has 0 aliphatic heterocycles. The number of hydrogen-bond acceptors (Lipinski definition) is 9. The highest BCUT2D eigenvalue weighted by atomic mass is 32.3. The molecule has 14 heteroatoms. The van der Waals surface area contributed by atoms with Crippen molar-refractivity contribution in [3.05, 3.63) is 120 Å². The molecule has 0 aromatic heterocycles. The fraction of sp³-hybridized carbons (Fsp3) is 0.400. The van der Waals surface area contributed by atoms with Gasteiger partial charge in [0.1, 0.15) is 5.60 Å². The van der Waals surface area contributed by atoms with E-state index in [9.17, 15) is 19.5 Å². The van der Waals surface area contributed by atoms with Crippen molar-refractivity contribution in [3.63, 3.8) is 0 Å². The van der Waals surface area contributed by atoms with Gasteiger partial charge in [0.25, 0.3) is 0 Å². The molecule has 0 aliphatic carbocycles. The Bertz CT molecular complexity index is 1890. The number of benzene rings is 4. The van der Waals surface area contributed by atoms with Crippen LogP contribution in [0.5, 0.6) is 0 Å². The van der Waals surface area contributed by atoms with E-state index in [2.05, 4.69) is 53.8 Å². The van der Waals surface area contributed by atoms with Crippen LogP contribution in [0.15, 0.2) is 109 Å². The molecule has 59 heavy (non-hydrogen) atoms. The summed E-state index contributed by atoms with van der Waals surface area (Å²) in [5, 5.41) is 19.6. The average molecular weight is 839 g/mol. The molecule has 0 spiro atoms. The van der Waals surface area contributed by atoms with Crippen LogP contribution in [-0.4, -0.2) is 76.7 Å². The normalized spacial score (nSPS) is 12.9. The maximum atomic E-state index is 12.2. The van der Waals surface area contributed by atoms with Crippen molar-refractivity contribution in [2.45, 2.75) is 91.8 Å². The number of hydrogen-bond donors (Lipinski definition) is 6. The minimum absolute atomic E-state index is 0.0445. The predicted octanol–water partition coefficient (Wildman–Crippen LogP) is 8.06. The topological polar surface area (TPSA) is 223 Å². The highest BCUT2D eigenvalue weighted by Gasteiger charge is 2.24. The SMILES string of the molecule is CCO.CCOC(=O)[C@H](C)CC(N)Cc1ccc(-c2ccccc2)cc1.C[C@H](CC(Cc1ccc(-c2ccccc2)cc1)NC(=O)OC(C)(C)C)C(=O)O.O=S(=O)(O)O. The second kappa shape index (κ2) is 26.8. The minimum Gasteiger partial charge on any atom is -0.481 e. The van der Waals surface area contributed by atoms with E-state index in [1.165, 1.54) is 16.7 Å². The second-order valence-corrected chi connectivity index (χ2v) is 15.7. The van der Waals surface area contributed by atoms with Gasteiger partial charge in [-0.05, 0) is 93.7 Å². The lowest BCUT2D eigenvalue weighted by atomic mass is 9.95. The molecule has 1 amide bonds. The molecule has 4 aromatic carbocycles. The third kappa shape index (κ3) is 24.4. The zero-order chi connectivity index (χ0) is 44.6. The zero-order valence-electron chi connectivity index (χ0n) is 35.1. The van der Waals surface area contributed by atoms with Gasteiger partial charge in [-0.3, -0.25) is 18.7 Å². The standard InChI is InChI=1S/C23H29NO4.C20H25NO2.C2H6O.H2O4S/c1-16(21(25)26)14-20(24-22(27)28-23(2,3)4)15-17-10-12-19(13-11-17)18-8-6-5-7-9-18;1-3-23-20(22)15(2)13-19(21)14-16-9-11-18(12-10-16)17-7-5-4-6-8-17;1-2-3;1-5(2,3)4/h5-13,16,20H,14-15H2,1-4H3,(H,24,27)(H,25,26);4-12,15,19H,3,13-14,21H2,1-2H3;3H,2H2,1H3;(H2,1,2,3,4)/t16-,20?;15-,19?;;/m11../s1. The monoisotopic (exact) mass is 838 g/mol. The number of carbonyl (C=O) groups is 3. The molecule has 0 saturated carbocycles. The lowest BCUT2D eigenvalue weighted by Crippen LogP contribution is -2.41. The average Bonchev–Trinajstić information content (AvgIpc) is 3.15. The lowest BCUT2D eigenvalue weighted by Gasteiger charge is -2.24. The van der Waals surface area contributed by atoms with Crippen molar-refractivity contribution < 1.29 is 51.6 Å². The summed E-state index contributed by atoms with van der Waals surface area (Å²) < 4.78 is 41.9. The van der Waals surface area contributed by atoms with Crippen LogP contribution in [0.2, 0.25) is 0 Å². The Hall–Kier alpha value is -5.12. The van der Waals surface area contributed by atoms with Gasteiger partial charge in [0, 0.05) is 18.7 Å². The van der Waals surface area contributed by atoms with Gasteiger partial charge in [0.15, 0.2) is 0 Å². The number of aliphatic hydroxyl groups excluding tert-OH is 1. The van der Waals surface area contributed by atoms with Crippen LogP contribution in [-0.2, 0) is 42.3 Å². The summed E-state index contributed by atoms with van der Waals surface area (Å²) in [5.41, 5.74) is 12.4. The van der Waals surface area contributed by atoms with Crippen LogP contribution in [0.4, 0.5) is 4.79 Å². The molecule has 13 nitrogen and oxygen atoms in total. The Kier molecular flexibility index (Phi) is 23.6. The Morgan fingerprint density at radius 3 is 1.46 bits per heavy atom. The van der Waals surface area contributed by atoms with E-state index in [-0.39, 0.29) is 30.6 Å². The van der Waals surface area contributed by atoms with Gasteiger partial charge in [-0.2, -0.15) is 8.42 Å². The summed E-state index contributed by atoms with van der Waals surface area (Å²) in [7, 11) is -4.67. The lowest BCUT2D eigenvalue weighted by molar-refractivity contribution is -0.147. The molecule has 324 valence electrons. The predicted molar refractivity (Wildman–Crippen MR) is 231 cm³/mol. The van der Waals surface area contributed by atoms with Crippen LogP contribution >= 0.6 is 0 Å². The Balaban J connectivity index is 0.000000505. The number of alkyl carbamates (subject to hydrolysis) is 1. The molecular formula is C45H62N2O11S. The van der Waals surface area contributed by atoms with Crippen molar-refractivity contribution in [2.24, 2.45) is 17.6 Å². The van der Waals surface area contributed by atoms with Crippen molar-refractivity contribution in [3.8, 4) is 22.3 Å². The molecule has 0 heterocycles. The number of aliphatic hydroxyl groups is 1. The molecule has 4 atom stereocenters. The van der Waals surface area contributed by atoms with E-state index in [0.29, 0.717) is 25.9 Å². The van der Waals surface area contributed by atoms with Crippen molar-refractivity contribution in [1.29, 1.82) is 0 Å². The van der Waals surface area contributed by atoms with Gasteiger partial charge in [-0.25, -0.2) is 4.79 Å². The third-order valence-electron chi connectivity index (χ3n) is 8.23. The van der Waals surface area contributed by atoms with Crippen LogP contribution in [0.3, 0.4) is 0 Å². The molecule has 0 radical (unpaired) electrons. The molecule has 0 saturated heterocycles. The molecule has 0 aliphatic rings. The first-order chi connectivity index (χ1) is 27.6. The number of carboxylic acid groups (broad SMARTS) is 1. The van der Waals surface area contributed by atoms with Gasteiger partial charge in [0.05, 0.1) is 18.4 Å². The quantitative estimate of drug-likeness (QED) is 0.0524. The van der Waals surface area contributed by atoms with E-state index in [0.717, 1.165) is 23.1 Å². The molecule has 2 unspecified atom stereocenters. The first-order valence-electron chi connectivity index (χ1n) is 19.4. The number of carbonyl (C=O) groups excluding carboxylic acids is 2. The van der Waals surface area contributed by atoms with E-state index in [1.807, 2.05) is 74.5 Å². The Labute approximate surface area is 349 Å². The smallest absolute Gasteiger partial charge is 0.407 e. The van der Waals surface area contributed by atoms with E-state index in [1.54, 1.807) is 34.6 Å². The fourth-order valence-corrected chi connectivity index (χ4v) is 5.63. The van der Waals surface area contributed by atoms with Gasteiger partial charge < -0.3 is 30.7 Å². The number of ether oxygens (including phenoxy) is 2. The molecule has 0 fully saturated rings. The summed E-state index contributed by atoms with van der Waals surface area (Å²) in [5.74, 6) is -1.77. The number of rotatable bonds is 14. The number of esters is 1. The summed E-state index contributed by atoms with van der Waals surface area (Å²) >= 11 is 0. The summed E-state index contributed by atoms with van der Waals surface area (Å²) in [6.07, 6.45) is 1.73. The first kappa shape index (κ1) is 51.9. The third-order valence-corrected chi connectivity index (χ3v) is 8.23. The van der Waals surface area contributed by atoms with Crippen molar-refractivity contribution >= 4 is 28.4 Å². The molecule has 4 aromatic rings. The highest BCUT2D eigenvalue weighted by molar-refractivity contribution is 7.79. The summed E-state index contributed by atoms with van der Waals surface area (Å²) in [6.45, 7) is 13.1. The van der Waals surface area contributed by atoms with E-state index < -0.39 is 34.0 Å². The van der Waals surface area contributed by atoms with Gasteiger partial charge in [-0.1, -0.05) is 123 Å². The maximum absolute atomic E-state index is 12.2. The first-order valence-corrected chi connectivity index (χ1v) is 20.8. The molecule has 0 bridgehead atoms. The Morgan fingerprint density at radius 2 is 1.08 bits per heavy atom. The number of nitrogens with two attached hydrogens (primary N) is 1. The van der Waals surface area contributed by atoms with Crippen LogP contribution in [0.25, 0.3) is 22.3 Å². The second-order valence-electron chi connectivity index (χ2n) is 14.8. The number of carboxylic acids is 1. The Morgan fingerprint density at radius 1 is 0.695 bits per heavy atom. The van der Waals surface area contributed by atoms with Crippen molar-refractivity contribution in [1.82, 2.24) is 5.32 Å². The van der Waals surface area contributed by atoms with Gasteiger partial charge in [0.2, 0.25) is 0 Å². The van der Waals surface area contributed by atoms with Gasteiger partial charge in [-0.15, -0.1) is 0 Å². The molecule has 7 N–H and O–H groups in total. The highest BCUT2D eigenvalue weighted by Crippen LogP contribution is 2.22. The van der Waals surface area contributed by atoms with E-state index in [4.69, 9.17) is 37.8 Å². The fourth-order valence-electron chi connectivity index (χ4n) is 5.63.